The molecule has 0 saturated carbocycles. The van der Waals surface area contributed by atoms with Crippen molar-refractivity contribution in [1.82, 2.24) is 15.0 Å². The van der Waals surface area contributed by atoms with Gasteiger partial charge in [-0.1, -0.05) is 18.2 Å². The third-order valence-electron chi connectivity index (χ3n) is 4.37. The average Bonchev–Trinajstić information content (AvgIpc) is 3.49. The first kappa shape index (κ1) is 16.1. The fourth-order valence-corrected chi connectivity index (χ4v) is 3.08. The van der Waals surface area contributed by atoms with E-state index in [4.69, 9.17) is 8.83 Å². The van der Waals surface area contributed by atoms with Gasteiger partial charge in [-0.2, -0.15) is 0 Å². The lowest BCUT2D eigenvalue weighted by molar-refractivity contribution is 0.0996. The molecule has 0 bridgehead atoms. The van der Waals surface area contributed by atoms with Crippen LogP contribution in [-0.4, -0.2) is 20.9 Å². The van der Waals surface area contributed by atoms with Crippen molar-refractivity contribution in [1.29, 1.82) is 0 Å². The number of nitrogens with zero attached hydrogens (tertiary/aromatic N) is 3. The molecule has 1 amide bonds. The fourth-order valence-electron chi connectivity index (χ4n) is 3.08. The van der Waals surface area contributed by atoms with Crippen molar-refractivity contribution >= 4 is 28.6 Å². The van der Waals surface area contributed by atoms with Crippen LogP contribution in [-0.2, 0) is 0 Å². The van der Waals surface area contributed by atoms with Crippen LogP contribution in [0.25, 0.3) is 22.4 Å². The van der Waals surface area contributed by atoms with Gasteiger partial charge >= 0.3 is 0 Å². The number of amides is 1. The molecule has 1 aromatic carbocycles. The van der Waals surface area contributed by atoms with E-state index in [1.807, 2.05) is 30.3 Å². The van der Waals surface area contributed by atoms with Gasteiger partial charge < -0.3 is 13.8 Å². The smallest absolute Gasteiger partial charge is 0.268 e. The second-order valence-electron chi connectivity index (χ2n) is 6.07. The number of aromatic amines is 1. The Hall–Kier alpha value is -4.13. The Bertz CT molecular complexity index is 1230. The molecule has 7 nitrogen and oxygen atoms in total. The number of hydrogen-bond acceptors (Lipinski definition) is 5. The largest absolute Gasteiger partial charge is 0.463 e. The molecule has 5 aromatic rings. The minimum atomic E-state index is -0.283. The van der Waals surface area contributed by atoms with Crippen LogP contribution >= 0.6 is 0 Å². The molecule has 28 heavy (non-hydrogen) atoms. The summed E-state index contributed by atoms with van der Waals surface area (Å²) < 4.78 is 10.9. The number of anilines is 2. The van der Waals surface area contributed by atoms with E-state index in [2.05, 4.69) is 15.0 Å². The molecular formula is C21H14N4O3. The monoisotopic (exact) mass is 370 g/mol. The quantitative estimate of drug-likeness (QED) is 0.491. The van der Waals surface area contributed by atoms with Gasteiger partial charge in [0.05, 0.1) is 29.8 Å². The van der Waals surface area contributed by atoms with Gasteiger partial charge in [0.25, 0.3) is 5.91 Å². The molecule has 4 heterocycles. The number of hydrogen-bond donors (Lipinski definition) is 1. The Morgan fingerprint density at radius 3 is 2.61 bits per heavy atom. The van der Waals surface area contributed by atoms with Gasteiger partial charge in [-0.05, 0) is 30.3 Å². The molecule has 0 fully saturated rings. The van der Waals surface area contributed by atoms with Crippen LogP contribution in [0.3, 0.4) is 0 Å². The van der Waals surface area contributed by atoms with Crippen molar-refractivity contribution in [3.05, 3.63) is 85.1 Å². The van der Waals surface area contributed by atoms with Gasteiger partial charge in [0.2, 0.25) is 11.8 Å². The van der Waals surface area contributed by atoms with Gasteiger partial charge in [0, 0.05) is 17.6 Å². The summed E-state index contributed by atoms with van der Waals surface area (Å²) in [5, 5.41) is 0.754. The van der Waals surface area contributed by atoms with Crippen LogP contribution in [0.5, 0.6) is 0 Å². The number of H-pyrrole nitrogens is 1. The highest BCUT2D eigenvalue weighted by Gasteiger charge is 2.26. The number of pyridine rings is 1. The molecule has 0 spiro atoms. The average molecular weight is 370 g/mol. The Labute approximate surface area is 159 Å². The SMILES string of the molecule is O=C(c1ccnc2ccccc12)N(c1ncc(-c2ccco2)[nH]1)c1ccco1. The molecule has 1 N–H and O–H groups in total. The van der Waals surface area contributed by atoms with Gasteiger partial charge in [-0.25, -0.2) is 9.88 Å². The summed E-state index contributed by atoms with van der Waals surface area (Å²) in [5.41, 5.74) is 1.89. The summed E-state index contributed by atoms with van der Waals surface area (Å²) in [5.74, 6) is 1.02. The maximum atomic E-state index is 13.5. The first-order chi connectivity index (χ1) is 13.8. The second kappa shape index (κ2) is 6.55. The molecule has 0 aliphatic heterocycles. The number of fused-ring (bicyclic) bond motifs is 1. The minimum Gasteiger partial charge on any atom is -0.463 e. The van der Waals surface area contributed by atoms with E-state index in [-0.39, 0.29) is 5.91 Å². The lowest BCUT2D eigenvalue weighted by Crippen LogP contribution is -2.27. The highest BCUT2D eigenvalue weighted by molar-refractivity contribution is 6.15. The molecule has 0 aliphatic rings. The Kier molecular flexibility index (Phi) is 3.76. The van der Waals surface area contributed by atoms with Gasteiger partial charge in [-0.3, -0.25) is 9.78 Å². The van der Waals surface area contributed by atoms with Crippen molar-refractivity contribution in [2.75, 3.05) is 4.90 Å². The molecule has 4 aromatic heterocycles. The van der Waals surface area contributed by atoms with Crippen LogP contribution in [0.1, 0.15) is 10.4 Å². The predicted molar refractivity (Wildman–Crippen MR) is 103 cm³/mol. The first-order valence-electron chi connectivity index (χ1n) is 8.62. The highest BCUT2D eigenvalue weighted by Crippen LogP contribution is 2.29. The van der Waals surface area contributed by atoms with E-state index >= 15 is 0 Å². The van der Waals surface area contributed by atoms with Crippen molar-refractivity contribution in [3.63, 3.8) is 0 Å². The highest BCUT2D eigenvalue weighted by atomic mass is 16.3. The van der Waals surface area contributed by atoms with E-state index in [1.165, 1.54) is 11.2 Å². The standard InChI is InChI=1S/C21H14N4O3/c26-20(15-9-10-22-16-6-2-1-5-14(15)16)25(19-8-4-12-28-19)21-23-13-17(24-21)18-7-3-11-27-18/h1-13H,(H,23,24). The zero-order valence-corrected chi connectivity index (χ0v) is 14.6. The van der Waals surface area contributed by atoms with Crippen molar-refractivity contribution < 1.29 is 13.6 Å². The van der Waals surface area contributed by atoms with Gasteiger partial charge in [0.1, 0.15) is 5.69 Å². The molecular weight excluding hydrogens is 356 g/mol. The van der Waals surface area contributed by atoms with E-state index in [9.17, 15) is 4.79 Å². The van der Waals surface area contributed by atoms with Crippen molar-refractivity contribution in [3.8, 4) is 11.5 Å². The number of nitrogens with one attached hydrogen (secondary N) is 1. The van der Waals surface area contributed by atoms with Crippen molar-refractivity contribution in [2.24, 2.45) is 0 Å². The number of benzene rings is 1. The van der Waals surface area contributed by atoms with Crippen molar-refractivity contribution in [2.45, 2.75) is 0 Å². The molecule has 0 radical (unpaired) electrons. The zero-order chi connectivity index (χ0) is 18.9. The number of carbonyl (C=O) groups excluding carboxylic acids is 1. The van der Waals surface area contributed by atoms with Crippen LogP contribution in [0.15, 0.2) is 88.4 Å². The number of para-hydroxylation sites is 1. The van der Waals surface area contributed by atoms with Gasteiger partial charge in [-0.15, -0.1) is 0 Å². The van der Waals surface area contributed by atoms with Gasteiger partial charge in [0.15, 0.2) is 5.76 Å². The number of furan rings is 2. The predicted octanol–water partition coefficient (Wildman–Crippen LogP) is 4.79. The number of carbonyl (C=O) groups is 1. The Morgan fingerprint density at radius 1 is 0.929 bits per heavy atom. The third kappa shape index (κ3) is 2.66. The van der Waals surface area contributed by atoms with E-state index in [0.29, 0.717) is 28.9 Å². The van der Waals surface area contributed by atoms with Crippen LogP contribution in [0, 0.1) is 0 Å². The first-order valence-corrected chi connectivity index (χ1v) is 8.62. The molecule has 0 atom stereocenters. The summed E-state index contributed by atoms with van der Waals surface area (Å²) in [6.45, 7) is 0. The Balaban J connectivity index is 1.63. The second-order valence-corrected chi connectivity index (χ2v) is 6.07. The molecule has 0 unspecified atom stereocenters. The Morgan fingerprint density at radius 2 is 1.79 bits per heavy atom. The summed E-state index contributed by atoms with van der Waals surface area (Å²) >= 11 is 0. The molecule has 136 valence electrons. The summed E-state index contributed by atoms with van der Waals surface area (Å²) in [7, 11) is 0. The van der Waals surface area contributed by atoms with E-state index in [0.717, 1.165) is 10.9 Å². The maximum Gasteiger partial charge on any atom is 0.268 e. The fraction of sp³-hybridized carbons (Fsp3) is 0. The topological polar surface area (TPSA) is 88.2 Å². The molecule has 5 rings (SSSR count). The zero-order valence-electron chi connectivity index (χ0n) is 14.6. The maximum absolute atomic E-state index is 13.5. The summed E-state index contributed by atoms with van der Waals surface area (Å²) in [6.07, 6.45) is 6.32. The summed E-state index contributed by atoms with van der Waals surface area (Å²) in [4.78, 5) is 26.7. The minimum absolute atomic E-state index is 0.283. The normalized spacial score (nSPS) is 11.0. The molecule has 0 aliphatic carbocycles. The number of imidazole rings is 1. The summed E-state index contributed by atoms with van der Waals surface area (Å²) in [6, 6.07) is 16.2. The van der Waals surface area contributed by atoms with Crippen LogP contribution in [0.2, 0.25) is 0 Å². The lowest BCUT2D eigenvalue weighted by atomic mass is 10.1. The lowest BCUT2D eigenvalue weighted by Gasteiger charge is -2.18. The van der Waals surface area contributed by atoms with Crippen LogP contribution in [0.4, 0.5) is 11.8 Å². The van der Waals surface area contributed by atoms with E-state index < -0.39 is 0 Å². The number of aromatic nitrogens is 3. The third-order valence-corrected chi connectivity index (χ3v) is 4.37. The molecule has 0 saturated heterocycles. The van der Waals surface area contributed by atoms with Crippen LogP contribution < -0.4 is 4.90 Å². The molecule has 7 heteroatoms. The van der Waals surface area contributed by atoms with E-state index in [1.54, 1.807) is 42.9 Å². The number of rotatable bonds is 4.